The van der Waals surface area contributed by atoms with Crippen LogP contribution in [0.15, 0.2) is 0 Å². The summed E-state index contributed by atoms with van der Waals surface area (Å²) in [6.07, 6.45) is 3.02. The van der Waals surface area contributed by atoms with Gasteiger partial charge in [-0.3, -0.25) is 9.89 Å². The van der Waals surface area contributed by atoms with Crippen LogP contribution in [0.3, 0.4) is 0 Å². The van der Waals surface area contributed by atoms with Gasteiger partial charge in [-0.25, -0.2) is 4.98 Å². The van der Waals surface area contributed by atoms with Crippen molar-refractivity contribution in [2.45, 2.75) is 33.1 Å². The Labute approximate surface area is 95.2 Å². The fourth-order valence-electron chi connectivity index (χ4n) is 2.04. The molecule has 1 amide bonds. The van der Waals surface area contributed by atoms with E-state index in [1.165, 1.54) is 0 Å². The number of rotatable bonds is 3. The summed E-state index contributed by atoms with van der Waals surface area (Å²) in [5, 5.41) is 6.73. The Bertz CT molecular complexity index is 374. The summed E-state index contributed by atoms with van der Waals surface area (Å²) in [6, 6.07) is 0. The molecule has 16 heavy (non-hydrogen) atoms. The Kier molecular flexibility index (Phi) is 3.22. The van der Waals surface area contributed by atoms with E-state index in [4.69, 9.17) is 0 Å². The molecule has 0 aromatic carbocycles. The van der Waals surface area contributed by atoms with Crippen LogP contribution < -0.4 is 0 Å². The first-order valence-electron chi connectivity index (χ1n) is 5.95. The number of hydrogen-bond donors (Lipinski definition) is 1. The maximum Gasteiger partial charge on any atom is 0.293 e. The van der Waals surface area contributed by atoms with Crippen LogP contribution >= 0.6 is 0 Å². The van der Waals surface area contributed by atoms with E-state index in [-0.39, 0.29) is 5.91 Å². The zero-order valence-corrected chi connectivity index (χ0v) is 9.86. The predicted molar refractivity (Wildman–Crippen MR) is 60.1 cm³/mol. The topological polar surface area (TPSA) is 61.9 Å². The molecule has 1 aromatic heterocycles. The number of aromatic amines is 1. The molecule has 1 aromatic rings. The van der Waals surface area contributed by atoms with E-state index in [9.17, 15) is 4.79 Å². The molecular formula is C11H18N4O. The lowest BCUT2D eigenvalue weighted by molar-refractivity contribution is 0.0775. The normalized spacial score (nSPS) is 20.4. The molecule has 1 unspecified atom stereocenters. The van der Waals surface area contributed by atoms with E-state index in [0.717, 1.165) is 38.2 Å². The third-order valence-corrected chi connectivity index (χ3v) is 3.21. The molecule has 0 bridgehead atoms. The molecule has 1 atom stereocenters. The number of carbonyl (C=O) groups is 1. The Morgan fingerprint density at radius 3 is 2.94 bits per heavy atom. The summed E-state index contributed by atoms with van der Waals surface area (Å²) >= 11 is 0. The van der Waals surface area contributed by atoms with E-state index in [1.54, 1.807) is 0 Å². The van der Waals surface area contributed by atoms with Crippen molar-refractivity contribution < 1.29 is 4.79 Å². The highest BCUT2D eigenvalue weighted by molar-refractivity contribution is 5.90. The lowest BCUT2D eigenvalue weighted by Gasteiger charge is -2.13. The van der Waals surface area contributed by atoms with Crippen LogP contribution in [0.25, 0.3) is 0 Å². The Morgan fingerprint density at radius 1 is 1.56 bits per heavy atom. The zero-order chi connectivity index (χ0) is 11.5. The first-order chi connectivity index (χ1) is 7.74. The molecule has 5 nitrogen and oxygen atoms in total. The van der Waals surface area contributed by atoms with Gasteiger partial charge in [0.15, 0.2) is 0 Å². The van der Waals surface area contributed by atoms with E-state index in [0.29, 0.717) is 11.7 Å². The molecule has 0 spiro atoms. The second-order valence-corrected chi connectivity index (χ2v) is 4.27. The van der Waals surface area contributed by atoms with Crippen LogP contribution in [-0.4, -0.2) is 39.1 Å². The molecular weight excluding hydrogens is 204 g/mol. The summed E-state index contributed by atoms with van der Waals surface area (Å²) in [5.74, 6) is 1.70. The van der Waals surface area contributed by atoms with Crippen LogP contribution in [0.2, 0.25) is 0 Å². The first-order valence-corrected chi connectivity index (χ1v) is 5.95. The molecule has 1 aliphatic heterocycles. The van der Waals surface area contributed by atoms with Crippen molar-refractivity contribution in [2.24, 2.45) is 5.92 Å². The first kappa shape index (κ1) is 11.1. The quantitative estimate of drug-likeness (QED) is 0.837. The van der Waals surface area contributed by atoms with Gasteiger partial charge < -0.3 is 4.90 Å². The smallest absolute Gasteiger partial charge is 0.293 e. The largest absolute Gasteiger partial charge is 0.336 e. The van der Waals surface area contributed by atoms with Crippen LogP contribution in [0.1, 0.15) is 43.1 Å². The Hall–Kier alpha value is -1.39. The number of nitrogens with zero attached hydrogens (tertiary/aromatic N) is 3. The number of amides is 1. The number of nitrogens with one attached hydrogen (secondary N) is 1. The van der Waals surface area contributed by atoms with Crippen LogP contribution in [0, 0.1) is 5.92 Å². The number of likely N-dealkylation sites (tertiary alicyclic amines) is 1. The summed E-state index contributed by atoms with van der Waals surface area (Å²) in [5.41, 5.74) is 0. The number of H-pyrrole nitrogens is 1. The standard InChI is InChI=1S/C11H18N4O/c1-3-8-5-6-15(7-8)11(16)10-12-9(4-2)13-14-10/h8H,3-7H2,1-2H3,(H,12,13,14). The van der Waals surface area contributed by atoms with E-state index >= 15 is 0 Å². The van der Waals surface area contributed by atoms with Gasteiger partial charge in [-0.1, -0.05) is 20.3 Å². The molecule has 1 N–H and O–H groups in total. The monoisotopic (exact) mass is 222 g/mol. The molecule has 5 heteroatoms. The highest BCUT2D eigenvalue weighted by atomic mass is 16.2. The molecule has 0 aliphatic carbocycles. The van der Waals surface area contributed by atoms with Crippen LogP contribution in [0.5, 0.6) is 0 Å². The second-order valence-electron chi connectivity index (χ2n) is 4.27. The molecule has 2 rings (SSSR count). The Morgan fingerprint density at radius 2 is 2.38 bits per heavy atom. The minimum absolute atomic E-state index is 0.0353. The van der Waals surface area contributed by atoms with Crippen LogP contribution in [0.4, 0.5) is 0 Å². The van der Waals surface area contributed by atoms with Gasteiger partial charge in [-0.05, 0) is 12.3 Å². The average Bonchev–Trinajstić information content (AvgIpc) is 2.97. The van der Waals surface area contributed by atoms with Crippen molar-refractivity contribution >= 4 is 5.91 Å². The van der Waals surface area contributed by atoms with Gasteiger partial charge >= 0.3 is 0 Å². The van der Waals surface area contributed by atoms with Gasteiger partial charge in [0, 0.05) is 19.5 Å². The maximum atomic E-state index is 12.0. The molecule has 88 valence electrons. The fourth-order valence-corrected chi connectivity index (χ4v) is 2.04. The molecule has 0 radical (unpaired) electrons. The number of hydrogen-bond acceptors (Lipinski definition) is 3. The van der Waals surface area contributed by atoms with Crippen molar-refractivity contribution in [1.29, 1.82) is 0 Å². The minimum atomic E-state index is -0.0353. The minimum Gasteiger partial charge on any atom is -0.336 e. The molecule has 1 aliphatic rings. The number of aryl methyl sites for hydroxylation is 1. The third-order valence-electron chi connectivity index (χ3n) is 3.21. The van der Waals surface area contributed by atoms with Gasteiger partial charge in [0.1, 0.15) is 5.82 Å². The van der Waals surface area contributed by atoms with Crippen molar-refractivity contribution in [2.75, 3.05) is 13.1 Å². The lowest BCUT2D eigenvalue weighted by atomic mass is 10.1. The van der Waals surface area contributed by atoms with Gasteiger partial charge in [0.25, 0.3) is 5.91 Å². The van der Waals surface area contributed by atoms with E-state index in [2.05, 4.69) is 22.1 Å². The Balaban J connectivity index is 2.02. The highest BCUT2D eigenvalue weighted by Gasteiger charge is 2.27. The summed E-state index contributed by atoms with van der Waals surface area (Å²) < 4.78 is 0. The average molecular weight is 222 g/mol. The summed E-state index contributed by atoms with van der Waals surface area (Å²) in [7, 11) is 0. The van der Waals surface area contributed by atoms with Gasteiger partial charge in [0.2, 0.25) is 5.82 Å². The van der Waals surface area contributed by atoms with Crippen molar-refractivity contribution in [3.63, 3.8) is 0 Å². The van der Waals surface area contributed by atoms with Crippen molar-refractivity contribution in [1.82, 2.24) is 20.1 Å². The zero-order valence-electron chi connectivity index (χ0n) is 9.86. The molecule has 1 fully saturated rings. The van der Waals surface area contributed by atoms with Gasteiger partial charge in [0.05, 0.1) is 0 Å². The van der Waals surface area contributed by atoms with Crippen molar-refractivity contribution in [3.05, 3.63) is 11.6 Å². The SMILES string of the molecule is CCc1nc(C(=O)N2CCC(CC)C2)n[nH]1. The van der Waals surface area contributed by atoms with E-state index < -0.39 is 0 Å². The maximum absolute atomic E-state index is 12.0. The van der Waals surface area contributed by atoms with Crippen molar-refractivity contribution in [3.8, 4) is 0 Å². The number of aromatic nitrogens is 3. The predicted octanol–water partition coefficient (Wildman–Crippen LogP) is 1.24. The second kappa shape index (κ2) is 4.63. The van der Waals surface area contributed by atoms with Gasteiger partial charge in [-0.15, -0.1) is 5.10 Å². The van der Waals surface area contributed by atoms with Crippen LogP contribution in [-0.2, 0) is 6.42 Å². The molecule has 1 saturated heterocycles. The summed E-state index contributed by atoms with van der Waals surface area (Å²) in [6.45, 7) is 5.84. The number of carbonyl (C=O) groups excluding carboxylic acids is 1. The molecule has 2 heterocycles. The highest BCUT2D eigenvalue weighted by Crippen LogP contribution is 2.20. The third kappa shape index (κ3) is 2.08. The van der Waals surface area contributed by atoms with E-state index in [1.807, 2.05) is 11.8 Å². The lowest BCUT2D eigenvalue weighted by Crippen LogP contribution is -2.29. The molecule has 0 saturated carbocycles. The summed E-state index contributed by atoms with van der Waals surface area (Å²) in [4.78, 5) is 18.0. The fraction of sp³-hybridized carbons (Fsp3) is 0.727. The van der Waals surface area contributed by atoms with Gasteiger partial charge in [-0.2, -0.15) is 0 Å².